The quantitative estimate of drug-likeness (QED) is 0.821. The van der Waals surface area contributed by atoms with Gasteiger partial charge in [0.05, 0.1) is 5.69 Å². The van der Waals surface area contributed by atoms with Crippen molar-refractivity contribution in [3.8, 4) is 0 Å². The Hall–Kier alpha value is -2.34. The number of rotatable bonds is 4. The predicted molar refractivity (Wildman–Crippen MR) is 102 cm³/mol. The summed E-state index contributed by atoms with van der Waals surface area (Å²) >= 11 is 6.05. The normalized spacial score (nSPS) is 12.6. The van der Waals surface area contributed by atoms with Crippen LogP contribution in [0.3, 0.4) is 0 Å². The molecule has 2 aromatic rings. The summed E-state index contributed by atoms with van der Waals surface area (Å²) in [5.74, 6) is -1.09. The lowest BCUT2D eigenvalue weighted by Gasteiger charge is -2.19. The highest BCUT2D eigenvalue weighted by atomic mass is 35.5. The highest BCUT2D eigenvalue weighted by Gasteiger charge is 2.25. The third-order valence-electron chi connectivity index (χ3n) is 4.03. The van der Waals surface area contributed by atoms with E-state index in [-0.39, 0.29) is 16.1 Å². The Labute approximate surface area is 158 Å². The molecule has 1 heterocycles. The van der Waals surface area contributed by atoms with Crippen molar-refractivity contribution in [3.05, 3.63) is 46.2 Å². The van der Waals surface area contributed by atoms with Crippen molar-refractivity contribution in [3.63, 3.8) is 0 Å². The maximum atomic E-state index is 12.3. The highest BCUT2D eigenvalue weighted by Crippen LogP contribution is 2.24. The standard InChI is InChI=1S/C19H24ClN3O3/c1-11-15(16(20)23(6)22-11)18(25)26-12(2)17(24)21-14-9-7-13(8-10-14)19(3,4)5/h7-10,12H,1-6H3,(H,21,24). The highest BCUT2D eigenvalue weighted by molar-refractivity contribution is 6.32. The number of ether oxygens (including phenoxy) is 1. The number of hydrogen-bond acceptors (Lipinski definition) is 4. The summed E-state index contributed by atoms with van der Waals surface area (Å²) in [7, 11) is 1.63. The van der Waals surface area contributed by atoms with Crippen LogP contribution in [-0.4, -0.2) is 27.8 Å². The molecule has 26 heavy (non-hydrogen) atoms. The van der Waals surface area contributed by atoms with Gasteiger partial charge in [0.15, 0.2) is 6.10 Å². The van der Waals surface area contributed by atoms with E-state index in [1.54, 1.807) is 14.0 Å². The Kier molecular flexibility index (Phi) is 5.76. The molecule has 1 atom stereocenters. The summed E-state index contributed by atoms with van der Waals surface area (Å²) in [6.07, 6.45) is -0.972. The smallest absolute Gasteiger partial charge is 0.343 e. The Morgan fingerprint density at radius 3 is 2.27 bits per heavy atom. The van der Waals surface area contributed by atoms with Crippen molar-refractivity contribution in [2.75, 3.05) is 5.32 Å². The zero-order valence-corrected chi connectivity index (χ0v) is 16.6. The molecule has 0 saturated carbocycles. The van der Waals surface area contributed by atoms with Crippen LogP contribution in [0.1, 0.15) is 49.3 Å². The molecule has 7 heteroatoms. The van der Waals surface area contributed by atoms with Crippen LogP contribution in [0, 0.1) is 6.92 Å². The maximum absolute atomic E-state index is 12.3. The number of carbonyl (C=O) groups excluding carboxylic acids is 2. The molecule has 1 N–H and O–H groups in total. The van der Waals surface area contributed by atoms with Gasteiger partial charge in [0.2, 0.25) is 0 Å². The number of halogens is 1. The molecule has 0 radical (unpaired) electrons. The van der Waals surface area contributed by atoms with Gasteiger partial charge in [-0.2, -0.15) is 5.10 Å². The van der Waals surface area contributed by atoms with Gasteiger partial charge < -0.3 is 10.1 Å². The Morgan fingerprint density at radius 1 is 1.23 bits per heavy atom. The minimum atomic E-state index is -0.972. The first-order valence-electron chi connectivity index (χ1n) is 8.32. The van der Waals surface area contributed by atoms with Gasteiger partial charge in [-0.15, -0.1) is 0 Å². The van der Waals surface area contributed by atoms with E-state index in [2.05, 4.69) is 31.2 Å². The number of amides is 1. The first-order valence-corrected chi connectivity index (χ1v) is 8.70. The van der Waals surface area contributed by atoms with Crippen molar-refractivity contribution in [2.45, 2.75) is 46.1 Å². The number of esters is 1. The Balaban J connectivity index is 2.02. The van der Waals surface area contributed by atoms with E-state index < -0.39 is 18.0 Å². The molecule has 140 valence electrons. The number of anilines is 1. The summed E-state index contributed by atoms with van der Waals surface area (Å²) < 4.78 is 6.62. The SMILES string of the molecule is Cc1nn(C)c(Cl)c1C(=O)OC(C)C(=O)Nc1ccc(C(C)(C)C)cc1. The van der Waals surface area contributed by atoms with Crippen LogP contribution in [0.4, 0.5) is 5.69 Å². The third kappa shape index (κ3) is 4.43. The van der Waals surface area contributed by atoms with Gasteiger partial charge in [0.1, 0.15) is 10.7 Å². The van der Waals surface area contributed by atoms with E-state index in [0.29, 0.717) is 11.4 Å². The van der Waals surface area contributed by atoms with E-state index in [0.717, 1.165) is 5.56 Å². The van der Waals surface area contributed by atoms with Gasteiger partial charge in [-0.05, 0) is 37.0 Å². The zero-order chi connectivity index (χ0) is 19.6. The van der Waals surface area contributed by atoms with E-state index in [1.807, 2.05) is 24.3 Å². The largest absolute Gasteiger partial charge is 0.449 e. The van der Waals surface area contributed by atoms with Crippen molar-refractivity contribution >= 4 is 29.2 Å². The topological polar surface area (TPSA) is 73.2 Å². The Morgan fingerprint density at radius 2 is 1.81 bits per heavy atom. The van der Waals surface area contributed by atoms with Gasteiger partial charge in [-0.25, -0.2) is 4.79 Å². The summed E-state index contributed by atoms with van der Waals surface area (Å²) in [5.41, 5.74) is 2.46. The molecule has 1 aromatic carbocycles. The van der Waals surface area contributed by atoms with Crippen LogP contribution in [0.2, 0.25) is 5.15 Å². The first kappa shape index (κ1) is 20.0. The molecule has 6 nitrogen and oxygen atoms in total. The van der Waals surface area contributed by atoms with E-state index in [9.17, 15) is 9.59 Å². The van der Waals surface area contributed by atoms with Gasteiger partial charge in [-0.3, -0.25) is 9.48 Å². The average Bonchev–Trinajstić information content (AvgIpc) is 2.79. The number of benzene rings is 1. The van der Waals surface area contributed by atoms with Crippen LogP contribution in [0.15, 0.2) is 24.3 Å². The second-order valence-electron chi connectivity index (χ2n) is 7.24. The van der Waals surface area contributed by atoms with E-state index in [1.165, 1.54) is 11.6 Å². The van der Waals surface area contributed by atoms with Gasteiger partial charge in [-0.1, -0.05) is 44.5 Å². The molecule has 2 rings (SSSR count). The molecule has 0 fully saturated rings. The molecular weight excluding hydrogens is 354 g/mol. The lowest BCUT2D eigenvalue weighted by molar-refractivity contribution is -0.123. The second-order valence-corrected chi connectivity index (χ2v) is 7.60. The summed E-state index contributed by atoms with van der Waals surface area (Å²) in [4.78, 5) is 24.6. The molecule has 0 bridgehead atoms. The van der Waals surface area contributed by atoms with Crippen molar-refractivity contribution < 1.29 is 14.3 Å². The van der Waals surface area contributed by atoms with Gasteiger partial charge in [0.25, 0.3) is 5.91 Å². The number of carbonyl (C=O) groups is 2. The minimum absolute atomic E-state index is 0.0339. The second kappa shape index (κ2) is 7.50. The van der Waals surface area contributed by atoms with Crippen LogP contribution >= 0.6 is 11.6 Å². The van der Waals surface area contributed by atoms with E-state index >= 15 is 0 Å². The number of nitrogens with zero attached hydrogens (tertiary/aromatic N) is 2. The average molecular weight is 378 g/mol. The fourth-order valence-corrected chi connectivity index (χ4v) is 2.68. The minimum Gasteiger partial charge on any atom is -0.449 e. The fourth-order valence-electron chi connectivity index (χ4n) is 2.43. The number of aryl methyl sites for hydroxylation is 2. The van der Waals surface area contributed by atoms with Crippen molar-refractivity contribution in [2.24, 2.45) is 7.05 Å². The zero-order valence-electron chi connectivity index (χ0n) is 15.9. The van der Waals surface area contributed by atoms with Crippen molar-refractivity contribution in [1.82, 2.24) is 9.78 Å². The van der Waals surface area contributed by atoms with Gasteiger partial charge in [0, 0.05) is 12.7 Å². The summed E-state index contributed by atoms with van der Waals surface area (Å²) in [6.45, 7) is 9.52. The maximum Gasteiger partial charge on any atom is 0.343 e. The van der Waals surface area contributed by atoms with Crippen LogP contribution < -0.4 is 5.32 Å². The summed E-state index contributed by atoms with van der Waals surface area (Å²) in [6, 6.07) is 7.58. The van der Waals surface area contributed by atoms with Gasteiger partial charge >= 0.3 is 5.97 Å². The van der Waals surface area contributed by atoms with Crippen LogP contribution in [0.25, 0.3) is 0 Å². The summed E-state index contributed by atoms with van der Waals surface area (Å²) in [5, 5.41) is 6.98. The molecule has 1 aromatic heterocycles. The molecule has 0 saturated heterocycles. The number of aromatic nitrogens is 2. The van der Waals surface area contributed by atoms with Crippen molar-refractivity contribution in [1.29, 1.82) is 0 Å². The third-order valence-corrected chi connectivity index (χ3v) is 4.46. The molecule has 0 aliphatic rings. The predicted octanol–water partition coefficient (Wildman–Crippen LogP) is 3.86. The molecule has 0 aliphatic heterocycles. The molecule has 0 spiro atoms. The molecule has 1 unspecified atom stereocenters. The van der Waals surface area contributed by atoms with E-state index in [4.69, 9.17) is 16.3 Å². The molecule has 0 aliphatic carbocycles. The Bertz CT molecular complexity index is 820. The molecular formula is C19H24ClN3O3. The fraction of sp³-hybridized carbons (Fsp3) is 0.421. The van der Waals surface area contributed by atoms with Crippen LogP contribution in [0.5, 0.6) is 0 Å². The number of nitrogens with one attached hydrogen (secondary N) is 1. The monoisotopic (exact) mass is 377 g/mol. The lowest BCUT2D eigenvalue weighted by atomic mass is 9.87. The lowest BCUT2D eigenvalue weighted by Crippen LogP contribution is -2.30. The molecule has 1 amide bonds. The first-order chi connectivity index (χ1) is 12.0. The number of hydrogen-bond donors (Lipinski definition) is 1. The van der Waals surface area contributed by atoms with Crippen LogP contribution in [-0.2, 0) is 22.0 Å².